The highest BCUT2D eigenvalue weighted by Gasteiger charge is 2.14. The number of carbonyl (C=O) groups is 2. The van der Waals surface area contributed by atoms with Crippen molar-refractivity contribution in [2.24, 2.45) is 0 Å². The normalized spacial score (nSPS) is 11.4. The van der Waals surface area contributed by atoms with E-state index in [1.807, 2.05) is 4.90 Å². The minimum Gasteiger partial charge on any atom is -0.376 e. The lowest BCUT2D eigenvalue weighted by atomic mass is 10.1. The fourth-order valence-corrected chi connectivity index (χ4v) is 4.10. The average molecular weight is 531 g/mol. The van der Waals surface area contributed by atoms with Crippen LogP contribution in [0.25, 0.3) is 0 Å². The molecule has 0 spiro atoms. The van der Waals surface area contributed by atoms with Crippen molar-refractivity contribution < 1.29 is 23.3 Å². The number of nitrogens with zero attached hydrogens (tertiary/aromatic N) is 3. The highest BCUT2D eigenvalue weighted by Crippen LogP contribution is 2.08. The van der Waals surface area contributed by atoms with Gasteiger partial charge in [0.2, 0.25) is 12.3 Å². The Kier molecular flexibility index (Phi) is 27.4. The van der Waals surface area contributed by atoms with Crippen LogP contribution in [0.5, 0.6) is 0 Å². The van der Waals surface area contributed by atoms with Gasteiger partial charge < -0.3 is 38.8 Å². The summed E-state index contributed by atoms with van der Waals surface area (Å²) in [6.07, 6.45) is 13.9. The van der Waals surface area contributed by atoms with Crippen LogP contribution in [0.15, 0.2) is 0 Å². The summed E-state index contributed by atoms with van der Waals surface area (Å²) in [5, 5.41) is 3.07. The Bertz CT molecular complexity index is 521. The van der Waals surface area contributed by atoms with Crippen LogP contribution in [0.2, 0.25) is 0 Å². The van der Waals surface area contributed by atoms with Gasteiger partial charge in [0.1, 0.15) is 6.54 Å². The Morgan fingerprint density at radius 3 is 1.89 bits per heavy atom. The van der Waals surface area contributed by atoms with Crippen molar-refractivity contribution in [3.8, 4) is 0 Å². The van der Waals surface area contributed by atoms with E-state index >= 15 is 0 Å². The first-order chi connectivity index (χ1) is 16.6. The number of carbonyl (C=O) groups excluding carboxylic acids is 2. The number of quaternary nitrogens is 2. The number of likely N-dealkylation sites (N-methyl/N-ethyl adjacent to an activating group) is 1. The summed E-state index contributed by atoms with van der Waals surface area (Å²) in [6.45, 7) is 9.55. The van der Waals surface area contributed by atoms with Gasteiger partial charge in [-0.05, 0) is 38.5 Å². The van der Waals surface area contributed by atoms with Crippen molar-refractivity contribution >= 4 is 12.3 Å². The fraction of sp³-hybridized carbons (Fsp3) is 0.867. The molecule has 0 aromatic heterocycles. The molecule has 1 N–H and O–H groups in total. The van der Waals surface area contributed by atoms with Crippen molar-refractivity contribution in [1.82, 2.24) is 10.2 Å². The Morgan fingerprint density at radius 1 is 0.757 bits per heavy atom. The summed E-state index contributed by atoms with van der Waals surface area (Å²) in [6, 6.07) is 0. The largest absolute Gasteiger partial charge is 0.376 e. The molecule has 0 heterocycles. The van der Waals surface area contributed by atoms with Gasteiger partial charge in [-0.25, -0.2) is 0 Å². The van der Waals surface area contributed by atoms with Gasteiger partial charge in [0.05, 0.1) is 54.9 Å². The molecule has 224 valence electrons. The Hall–Kier alpha value is -1.18. The Labute approximate surface area is 232 Å². The first kappa shape index (κ1) is 40.3. The molecule has 0 aliphatic heterocycles. The zero-order chi connectivity index (χ0) is 26.4. The summed E-state index contributed by atoms with van der Waals surface area (Å²) in [4.78, 5) is 25.3. The van der Waals surface area contributed by atoms with E-state index in [0.29, 0.717) is 6.42 Å². The van der Waals surface area contributed by atoms with Gasteiger partial charge in [-0.2, -0.15) is 0 Å². The molecule has 0 saturated carbocycles. The van der Waals surface area contributed by atoms with Gasteiger partial charge in [0.15, 0.2) is 0 Å². The quantitative estimate of drug-likeness (QED) is 0.0785. The molecule has 0 aromatic rings. The van der Waals surface area contributed by atoms with Crippen molar-refractivity contribution in [2.75, 3.05) is 87.7 Å². The number of nitrogens with one attached hydrogen (secondary N) is 1. The molecule has 0 fully saturated rings. The van der Waals surface area contributed by atoms with Crippen LogP contribution in [0.4, 0.5) is 0 Å². The lowest BCUT2D eigenvalue weighted by Crippen LogP contribution is -2.44. The van der Waals surface area contributed by atoms with Gasteiger partial charge in [0, 0.05) is 39.1 Å². The molecule has 0 unspecified atom stereocenters. The maximum Gasteiger partial charge on any atom is 0.219 e. The molecule has 0 bridgehead atoms. The van der Waals surface area contributed by atoms with Crippen LogP contribution in [-0.4, -0.2) is 114 Å². The highest BCUT2D eigenvalue weighted by molar-refractivity contribution is 5.75. The second-order valence-electron chi connectivity index (χ2n) is 11.8. The molecule has 0 aliphatic rings. The first-order valence-electron chi connectivity index (χ1n) is 14.3. The van der Waals surface area contributed by atoms with Crippen LogP contribution >= 0.6 is 0 Å². The number of unbranched alkanes of at least 4 members (excludes halogenated alkanes) is 7. The molecule has 0 aromatic carbocycles. The molecular weight excluding hydrogens is 464 g/mol. The van der Waals surface area contributed by atoms with E-state index in [9.17, 15) is 9.59 Å². The zero-order valence-corrected chi connectivity index (χ0v) is 26.3. The predicted octanol–water partition coefficient (Wildman–Crippen LogP) is 4.96. The maximum atomic E-state index is 12.1. The third-order valence-electron chi connectivity index (χ3n) is 6.47. The lowest BCUT2D eigenvalue weighted by molar-refractivity contribution is -0.890. The number of ether oxygens (including phenoxy) is 1. The Morgan fingerprint density at radius 2 is 1.32 bits per heavy atom. The third kappa shape index (κ3) is 29.2. The van der Waals surface area contributed by atoms with Crippen LogP contribution in [0.1, 0.15) is 84.0 Å². The summed E-state index contributed by atoms with van der Waals surface area (Å²) < 4.78 is 7.55. The number of hydrogen-bond acceptors (Lipinski definition) is 3. The van der Waals surface area contributed by atoms with E-state index in [0.717, 1.165) is 113 Å². The maximum absolute atomic E-state index is 12.1. The Balaban J connectivity index is -0.00000578. The SMILES string of the molecule is CCCOCC[N+](C)(C)CCCNC(=O)CCCCCCCN(C=O)CCCCCC[N+](C)(C)C.[CH3-].[CH3-]. The van der Waals surface area contributed by atoms with Crippen molar-refractivity contribution in [1.29, 1.82) is 0 Å². The second-order valence-corrected chi connectivity index (χ2v) is 11.8. The van der Waals surface area contributed by atoms with Crippen LogP contribution < -0.4 is 5.32 Å². The summed E-state index contributed by atoms with van der Waals surface area (Å²) >= 11 is 0. The van der Waals surface area contributed by atoms with Crippen LogP contribution in [0.3, 0.4) is 0 Å². The molecule has 7 nitrogen and oxygen atoms in total. The minimum atomic E-state index is 0. The van der Waals surface area contributed by atoms with Gasteiger partial charge in [0.25, 0.3) is 0 Å². The molecule has 2 amide bonds. The molecule has 0 atom stereocenters. The lowest BCUT2D eigenvalue weighted by Gasteiger charge is -2.29. The number of hydrogen-bond donors (Lipinski definition) is 1. The van der Waals surface area contributed by atoms with E-state index in [1.54, 1.807) is 0 Å². The molecule has 0 rings (SSSR count). The van der Waals surface area contributed by atoms with Crippen molar-refractivity contribution in [3.05, 3.63) is 14.9 Å². The smallest absolute Gasteiger partial charge is 0.219 e. The molecule has 7 heteroatoms. The van der Waals surface area contributed by atoms with Gasteiger partial charge in [-0.15, -0.1) is 0 Å². The second kappa shape index (κ2) is 25.1. The number of rotatable bonds is 25. The first-order valence-corrected chi connectivity index (χ1v) is 14.3. The van der Waals surface area contributed by atoms with E-state index in [2.05, 4.69) is 47.5 Å². The van der Waals surface area contributed by atoms with E-state index < -0.39 is 0 Å². The zero-order valence-electron chi connectivity index (χ0n) is 26.3. The van der Waals surface area contributed by atoms with E-state index in [-0.39, 0.29) is 20.8 Å². The van der Waals surface area contributed by atoms with E-state index in [1.165, 1.54) is 25.8 Å². The van der Waals surface area contributed by atoms with Crippen LogP contribution in [0, 0.1) is 14.9 Å². The van der Waals surface area contributed by atoms with Crippen molar-refractivity contribution in [2.45, 2.75) is 84.0 Å². The fourth-order valence-electron chi connectivity index (χ4n) is 4.10. The molecule has 37 heavy (non-hydrogen) atoms. The van der Waals surface area contributed by atoms with Crippen LogP contribution in [-0.2, 0) is 14.3 Å². The summed E-state index contributed by atoms with van der Waals surface area (Å²) in [5.41, 5.74) is 0. The number of amides is 2. The average Bonchev–Trinajstić information content (AvgIpc) is 2.79. The monoisotopic (exact) mass is 531 g/mol. The standard InChI is InChI=1S/C28H59N4O3.2CH3/c1-7-25-35-26-24-32(5,6)23-17-19-29-28(34)18-13-9-8-10-14-20-30(27-33)21-15-11-12-16-22-31(2,3)4;;/h27H,7-26H2,1-6H3;2*1H3/q+1;2*-1/p+1. The summed E-state index contributed by atoms with van der Waals surface area (Å²) in [7, 11) is 11.1. The molecule has 0 aliphatic carbocycles. The van der Waals surface area contributed by atoms with E-state index in [4.69, 9.17) is 4.74 Å². The van der Waals surface area contributed by atoms with Gasteiger partial charge >= 0.3 is 0 Å². The summed E-state index contributed by atoms with van der Waals surface area (Å²) in [5.74, 6) is 0.176. The predicted molar refractivity (Wildman–Crippen MR) is 160 cm³/mol. The molecule has 0 saturated heterocycles. The highest BCUT2D eigenvalue weighted by atomic mass is 16.5. The minimum absolute atomic E-state index is 0. The molecular formula is C30H66N4O3. The van der Waals surface area contributed by atoms with Gasteiger partial charge in [-0.3, -0.25) is 9.59 Å². The van der Waals surface area contributed by atoms with Gasteiger partial charge in [-0.1, -0.05) is 32.6 Å². The van der Waals surface area contributed by atoms with Crippen molar-refractivity contribution in [3.63, 3.8) is 0 Å². The molecule has 0 radical (unpaired) electrons. The third-order valence-corrected chi connectivity index (χ3v) is 6.47. The topological polar surface area (TPSA) is 58.6 Å².